The standard InChI is InChI=1S/C23H28N4O4/c1-18-3-2-4-19(15-18)17-24-7-9-26(10-8-24)23(28)21-16-20(27(29)30)5-6-22(21)25-11-13-31-14-12-25/h2-6,15-16H,7-14,17H2,1H3. The predicted molar refractivity (Wildman–Crippen MR) is 118 cm³/mol. The van der Waals surface area contributed by atoms with Gasteiger partial charge in [0.2, 0.25) is 0 Å². The lowest BCUT2D eigenvalue weighted by atomic mass is 10.1. The van der Waals surface area contributed by atoms with Crippen LogP contribution in [0.4, 0.5) is 11.4 Å². The number of aryl methyl sites for hydroxylation is 1. The highest BCUT2D eigenvalue weighted by atomic mass is 16.6. The summed E-state index contributed by atoms with van der Waals surface area (Å²) in [5, 5.41) is 11.3. The topological polar surface area (TPSA) is 79.2 Å². The number of benzene rings is 2. The molecule has 0 aliphatic carbocycles. The molecule has 0 aromatic heterocycles. The molecule has 2 aliphatic rings. The van der Waals surface area contributed by atoms with Crippen LogP contribution in [0.3, 0.4) is 0 Å². The van der Waals surface area contributed by atoms with Crippen LogP contribution in [0.1, 0.15) is 21.5 Å². The van der Waals surface area contributed by atoms with Crippen LogP contribution in [0.25, 0.3) is 0 Å². The third-order valence-electron chi connectivity index (χ3n) is 5.92. The fourth-order valence-corrected chi connectivity index (χ4v) is 4.24. The molecule has 0 unspecified atom stereocenters. The van der Waals surface area contributed by atoms with Crippen molar-refractivity contribution >= 4 is 17.3 Å². The summed E-state index contributed by atoms with van der Waals surface area (Å²) in [7, 11) is 0. The van der Waals surface area contributed by atoms with Crippen molar-refractivity contribution in [2.24, 2.45) is 0 Å². The Labute approximate surface area is 182 Å². The first-order valence-electron chi connectivity index (χ1n) is 10.7. The Balaban J connectivity index is 1.47. The van der Waals surface area contributed by atoms with Crippen LogP contribution >= 0.6 is 0 Å². The van der Waals surface area contributed by atoms with Crippen LogP contribution in [0, 0.1) is 17.0 Å². The molecule has 31 heavy (non-hydrogen) atoms. The average molecular weight is 425 g/mol. The van der Waals surface area contributed by atoms with E-state index in [1.807, 2.05) is 4.90 Å². The van der Waals surface area contributed by atoms with Crippen molar-refractivity contribution in [3.8, 4) is 0 Å². The number of hydrogen-bond donors (Lipinski definition) is 0. The zero-order valence-electron chi connectivity index (χ0n) is 17.8. The fraction of sp³-hybridized carbons (Fsp3) is 0.435. The summed E-state index contributed by atoms with van der Waals surface area (Å²) < 4.78 is 5.42. The number of nitrogens with zero attached hydrogens (tertiary/aromatic N) is 4. The molecule has 2 saturated heterocycles. The Morgan fingerprint density at radius 1 is 1.03 bits per heavy atom. The second-order valence-corrected chi connectivity index (χ2v) is 8.12. The van der Waals surface area contributed by atoms with E-state index in [4.69, 9.17) is 4.74 Å². The van der Waals surface area contributed by atoms with Crippen LogP contribution in [0.5, 0.6) is 0 Å². The first-order valence-corrected chi connectivity index (χ1v) is 10.7. The highest BCUT2D eigenvalue weighted by Gasteiger charge is 2.27. The molecule has 8 nitrogen and oxygen atoms in total. The summed E-state index contributed by atoms with van der Waals surface area (Å²) in [6.45, 7) is 8.23. The highest BCUT2D eigenvalue weighted by Crippen LogP contribution is 2.28. The predicted octanol–water partition coefficient (Wildman–Crippen LogP) is 2.70. The average Bonchev–Trinajstić information content (AvgIpc) is 2.79. The zero-order valence-corrected chi connectivity index (χ0v) is 17.8. The number of amides is 1. The number of carbonyl (C=O) groups excluding carboxylic acids is 1. The molecule has 0 atom stereocenters. The van der Waals surface area contributed by atoms with Gasteiger partial charge in [-0.05, 0) is 18.6 Å². The summed E-state index contributed by atoms with van der Waals surface area (Å²) in [5.74, 6) is -0.139. The van der Waals surface area contributed by atoms with Crippen molar-refractivity contribution in [2.45, 2.75) is 13.5 Å². The molecular weight excluding hydrogens is 396 g/mol. The minimum Gasteiger partial charge on any atom is -0.378 e. The Kier molecular flexibility index (Phi) is 6.48. The van der Waals surface area contributed by atoms with Gasteiger partial charge in [0, 0.05) is 57.9 Å². The maximum Gasteiger partial charge on any atom is 0.270 e. The SMILES string of the molecule is Cc1cccc(CN2CCN(C(=O)c3cc([N+](=O)[O-])ccc3N3CCOCC3)CC2)c1. The van der Waals surface area contributed by atoms with Gasteiger partial charge in [-0.1, -0.05) is 29.8 Å². The second kappa shape index (κ2) is 9.45. The molecule has 2 aromatic rings. The van der Waals surface area contributed by atoms with Crippen LogP contribution in [-0.2, 0) is 11.3 Å². The van der Waals surface area contributed by atoms with E-state index in [1.165, 1.54) is 23.3 Å². The van der Waals surface area contributed by atoms with Gasteiger partial charge >= 0.3 is 0 Å². The quantitative estimate of drug-likeness (QED) is 0.542. The number of anilines is 1. The van der Waals surface area contributed by atoms with E-state index in [2.05, 4.69) is 41.0 Å². The second-order valence-electron chi connectivity index (χ2n) is 8.12. The molecular formula is C23H28N4O4. The van der Waals surface area contributed by atoms with Gasteiger partial charge in [0.25, 0.3) is 11.6 Å². The van der Waals surface area contributed by atoms with Crippen molar-refractivity contribution in [2.75, 3.05) is 57.4 Å². The van der Waals surface area contributed by atoms with Crippen LogP contribution in [0.15, 0.2) is 42.5 Å². The van der Waals surface area contributed by atoms with E-state index in [-0.39, 0.29) is 11.6 Å². The first kappa shape index (κ1) is 21.3. The Morgan fingerprint density at radius 3 is 2.45 bits per heavy atom. The smallest absolute Gasteiger partial charge is 0.270 e. The number of hydrogen-bond acceptors (Lipinski definition) is 6. The van der Waals surface area contributed by atoms with E-state index in [9.17, 15) is 14.9 Å². The lowest BCUT2D eigenvalue weighted by molar-refractivity contribution is -0.384. The summed E-state index contributed by atoms with van der Waals surface area (Å²) in [4.78, 5) is 30.5. The molecule has 4 rings (SSSR count). The van der Waals surface area contributed by atoms with Crippen molar-refractivity contribution < 1.29 is 14.5 Å². The number of morpholine rings is 1. The van der Waals surface area contributed by atoms with Gasteiger partial charge in [-0.2, -0.15) is 0 Å². The van der Waals surface area contributed by atoms with Gasteiger partial charge in [0.15, 0.2) is 0 Å². The van der Waals surface area contributed by atoms with E-state index in [0.29, 0.717) is 45.0 Å². The largest absolute Gasteiger partial charge is 0.378 e. The van der Waals surface area contributed by atoms with Crippen LogP contribution in [0.2, 0.25) is 0 Å². The molecule has 8 heteroatoms. The van der Waals surface area contributed by atoms with E-state index in [0.717, 1.165) is 25.3 Å². The number of rotatable bonds is 5. The van der Waals surface area contributed by atoms with E-state index < -0.39 is 4.92 Å². The third kappa shape index (κ3) is 5.03. The number of non-ortho nitro benzene ring substituents is 1. The molecule has 2 heterocycles. The Hall–Kier alpha value is -2.97. The van der Waals surface area contributed by atoms with E-state index >= 15 is 0 Å². The highest BCUT2D eigenvalue weighted by molar-refractivity contribution is 6.00. The Morgan fingerprint density at radius 2 is 1.77 bits per heavy atom. The maximum atomic E-state index is 13.4. The number of nitro groups is 1. The molecule has 2 fully saturated rings. The molecule has 164 valence electrons. The monoisotopic (exact) mass is 424 g/mol. The van der Waals surface area contributed by atoms with Crippen molar-refractivity contribution in [1.29, 1.82) is 0 Å². The summed E-state index contributed by atoms with van der Waals surface area (Å²) in [6, 6.07) is 13.1. The van der Waals surface area contributed by atoms with E-state index in [1.54, 1.807) is 6.07 Å². The van der Waals surface area contributed by atoms with Gasteiger partial charge in [-0.3, -0.25) is 19.8 Å². The van der Waals surface area contributed by atoms with Crippen molar-refractivity contribution in [1.82, 2.24) is 9.80 Å². The van der Waals surface area contributed by atoms with Gasteiger partial charge in [0.1, 0.15) is 0 Å². The number of carbonyl (C=O) groups is 1. The molecule has 0 radical (unpaired) electrons. The number of ether oxygens (including phenoxy) is 1. The molecule has 1 amide bonds. The maximum absolute atomic E-state index is 13.4. The zero-order chi connectivity index (χ0) is 21.8. The lowest BCUT2D eigenvalue weighted by Gasteiger charge is -2.36. The molecule has 0 bridgehead atoms. The molecule has 0 N–H and O–H groups in total. The van der Waals surface area contributed by atoms with Crippen LogP contribution < -0.4 is 4.90 Å². The fourth-order valence-electron chi connectivity index (χ4n) is 4.24. The van der Waals surface area contributed by atoms with Gasteiger partial charge in [0.05, 0.1) is 29.4 Å². The molecule has 2 aromatic carbocycles. The van der Waals surface area contributed by atoms with Gasteiger partial charge < -0.3 is 14.5 Å². The number of nitro benzene ring substituents is 1. The Bertz CT molecular complexity index is 950. The normalized spacial score (nSPS) is 17.6. The van der Waals surface area contributed by atoms with Gasteiger partial charge in [-0.25, -0.2) is 0 Å². The van der Waals surface area contributed by atoms with Gasteiger partial charge in [-0.15, -0.1) is 0 Å². The minimum absolute atomic E-state index is 0.0570. The van der Waals surface area contributed by atoms with Crippen molar-refractivity contribution in [3.05, 3.63) is 69.3 Å². The van der Waals surface area contributed by atoms with Crippen molar-refractivity contribution in [3.63, 3.8) is 0 Å². The molecule has 0 spiro atoms. The number of piperazine rings is 1. The first-order chi connectivity index (χ1) is 15.0. The molecule has 2 aliphatic heterocycles. The summed E-state index contributed by atoms with van der Waals surface area (Å²) >= 11 is 0. The van der Waals surface area contributed by atoms with Crippen LogP contribution in [-0.4, -0.2) is 73.1 Å². The summed E-state index contributed by atoms with van der Waals surface area (Å²) in [6.07, 6.45) is 0. The lowest BCUT2D eigenvalue weighted by Crippen LogP contribution is -2.48. The summed E-state index contributed by atoms with van der Waals surface area (Å²) in [5.41, 5.74) is 3.61. The molecule has 0 saturated carbocycles. The minimum atomic E-state index is -0.445. The third-order valence-corrected chi connectivity index (χ3v) is 5.92.